The Morgan fingerprint density at radius 2 is 2.21 bits per heavy atom. The van der Waals surface area contributed by atoms with Crippen molar-refractivity contribution in [3.8, 4) is 11.5 Å². The zero-order valence-corrected chi connectivity index (χ0v) is 8.66. The fourth-order valence-corrected chi connectivity index (χ4v) is 1.35. The zero-order valence-electron chi connectivity index (χ0n) is 8.66. The normalized spacial score (nSPS) is 12.5. The second-order valence-electron chi connectivity index (χ2n) is 3.38. The van der Waals surface area contributed by atoms with Crippen molar-refractivity contribution in [3.05, 3.63) is 23.8 Å². The maximum absolute atomic E-state index is 9.79. The van der Waals surface area contributed by atoms with Gasteiger partial charge in [-0.2, -0.15) is 0 Å². The lowest BCUT2D eigenvalue weighted by Crippen LogP contribution is -2.17. The summed E-state index contributed by atoms with van der Waals surface area (Å²) in [6.07, 6.45) is 0.659. The molecule has 0 aliphatic heterocycles. The number of ether oxygens (including phenoxy) is 1. The third-order valence-corrected chi connectivity index (χ3v) is 1.92. The second-order valence-corrected chi connectivity index (χ2v) is 3.38. The minimum atomic E-state index is 0.0396. The number of phenols is 1. The van der Waals surface area contributed by atoms with Gasteiger partial charge in [-0.05, 0) is 31.9 Å². The Bertz CT molecular complexity index is 297. The van der Waals surface area contributed by atoms with Crippen LogP contribution in [0.15, 0.2) is 18.2 Å². The van der Waals surface area contributed by atoms with Crippen LogP contribution < -0.4 is 10.5 Å². The van der Waals surface area contributed by atoms with Crippen molar-refractivity contribution in [2.45, 2.75) is 26.3 Å². The predicted octanol–water partition coefficient (Wildman–Crippen LogP) is 1.68. The van der Waals surface area contributed by atoms with E-state index in [0.29, 0.717) is 18.8 Å². The average Bonchev–Trinajstić information content (AvgIpc) is 2.11. The Labute approximate surface area is 84.5 Å². The lowest BCUT2D eigenvalue weighted by atomic mass is 10.1. The summed E-state index contributed by atoms with van der Waals surface area (Å²) in [5.74, 6) is 0.748. The van der Waals surface area contributed by atoms with Crippen molar-refractivity contribution in [2.24, 2.45) is 5.73 Å². The van der Waals surface area contributed by atoms with Crippen LogP contribution in [-0.4, -0.2) is 17.8 Å². The third-order valence-electron chi connectivity index (χ3n) is 1.92. The molecule has 0 aliphatic rings. The third kappa shape index (κ3) is 2.64. The van der Waals surface area contributed by atoms with Crippen molar-refractivity contribution in [1.29, 1.82) is 0 Å². The Morgan fingerprint density at radius 3 is 2.79 bits per heavy atom. The maximum atomic E-state index is 9.79. The molecule has 0 heterocycles. The van der Waals surface area contributed by atoms with E-state index in [-0.39, 0.29) is 11.8 Å². The molecule has 78 valence electrons. The molecular formula is C11H17NO2. The summed E-state index contributed by atoms with van der Waals surface area (Å²) in [6, 6.07) is 5.52. The maximum Gasteiger partial charge on any atom is 0.161 e. The van der Waals surface area contributed by atoms with E-state index in [4.69, 9.17) is 10.5 Å². The fourth-order valence-electron chi connectivity index (χ4n) is 1.35. The van der Waals surface area contributed by atoms with Crippen LogP contribution in [0.2, 0.25) is 0 Å². The molecule has 0 aliphatic carbocycles. The smallest absolute Gasteiger partial charge is 0.161 e. The number of para-hydroxylation sites is 1. The summed E-state index contributed by atoms with van der Waals surface area (Å²) < 4.78 is 5.27. The van der Waals surface area contributed by atoms with Gasteiger partial charge in [-0.1, -0.05) is 12.1 Å². The van der Waals surface area contributed by atoms with Gasteiger partial charge in [0.25, 0.3) is 0 Å². The van der Waals surface area contributed by atoms with Crippen molar-refractivity contribution in [3.63, 3.8) is 0 Å². The Hall–Kier alpha value is -1.22. The largest absolute Gasteiger partial charge is 0.504 e. The highest BCUT2D eigenvalue weighted by Crippen LogP contribution is 2.30. The molecule has 14 heavy (non-hydrogen) atoms. The molecule has 1 aromatic rings. The molecule has 3 nitrogen and oxygen atoms in total. The van der Waals surface area contributed by atoms with E-state index in [0.717, 1.165) is 5.56 Å². The van der Waals surface area contributed by atoms with E-state index in [9.17, 15) is 5.11 Å². The standard InChI is InChI=1S/C11H17NO2/c1-3-14-10-6-4-5-9(11(10)13)7-8(2)12/h4-6,8,13H,3,7,12H2,1-2H3. The van der Waals surface area contributed by atoms with Gasteiger partial charge in [0, 0.05) is 6.04 Å². The summed E-state index contributed by atoms with van der Waals surface area (Å²) in [7, 11) is 0. The minimum Gasteiger partial charge on any atom is -0.504 e. The number of hydrogen-bond donors (Lipinski definition) is 2. The molecule has 1 aromatic carbocycles. The summed E-state index contributed by atoms with van der Waals surface area (Å²) in [6.45, 7) is 4.35. The molecule has 0 spiro atoms. The van der Waals surface area contributed by atoms with E-state index in [2.05, 4.69) is 0 Å². The Morgan fingerprint density at radius 1 is 1.50 bits per heavy atom. The van der Waals surface area contributed by atoms with Crippen LogP contribution >= 0.6 is 0 Å². The summed E-state index contributed by atoms with van der Waals surface area (Å²) in [5, 5.41) is 9.79. The van der Waals surface area contributed by atoms with Gasteiger partial charge in [0.15, 0.2) is 11.5 Å². The van der Waals surface area contributed by atoms with Gasteiger partial charge >= 0.3 is 0 Å². The van der Waals surface area contributed by atoms with Crippen LogP contribution in [0.4, 0.5) is 0 Å². The molecular weight excluding hydrogens is 178 g/mol. The summed E-state index contributed by atoms with van der Waals surface area (Å²) in [4.78, 5) is 0. The van der Waals surface area contributed by atoms with Crippen molar-refractivity contribution in [1.82, 2.24) is 0 Å². The quantitative estimate of drug-likeness (QED) is 0.768. The number of aromatic hydroxyl groups is 1. The molecule has 0 saturated carbocycles. The van der Waals surface area contributed by atoms with Gasteiger partial charge in [0.1, 0.15) is 0 Å². The first-order valence-electron chi connectivity index (χ1n) is 4.84. The highest BCUT2D eigenvalue weighted by Gasteiger charge is 2.08. The van der Waals surface area contributed by atoms with Crippen LogP contribution in [-0.2, 0) is 6.42 Å². The lowest BCUT2D eigenvalue weighted by Gasteiger charge is -2.11. The van der Waals surface area contributed by atoms with E-state index in [1.807, 2.05) is 26.0 Å². The van der Waals surface area contributed by atoms with Crippen LogP contribution in [0.25, 0.3) is 0 Å². The van der Waals surface area contributed by atoms with E-state index in [1.165, 1.54) is 0 Å². The molecule has 1 rings (SSSR count). The van der Waals surface area contributed by atoms with Gasteiger partial charge < -0.3 is 15.6 Å². The molecule has 0 aromatic heterocycles. The first-order valence-corrected chi connectivity index (χ1v) is 4.84. The lowest BCUT2D eigenvalue weighted by molar-refractivity contribution is 0.316. The van der Waals surface area contributed by atoms with Gasteiger partial charge in [0.05, 0.1) is 6.61 Å². The van der Waals surface area contributed by atoms with Crippen LogP contribution in [0.3, 0.4) is 0 Å². The molecule has 0 fully saturated rings. The second kappa shape index (κ2) is 4.86. The molecule has 0 bridgehead atoms. The molecule has 1 unspecified atom stereocenters. The molecule has 3 N–H and O–H groups in total. The number of hydrogen-bond acceptors (Lipinski definition) is 3. The number of benzene rings is 1. The minimum absolute atomic E-state index is 0.0396. The Kier molecular flexibility index (Phi) is 3.77. The average molecular weight is 195 g/mol. The van der Waals surface area contributed by atoms with Gasteiger partial charge in [-0.25, -0.2) is 0 Å². The van der Waals surface area contributed by atoms with Gasteiger partial charge in [-0.15, -0.1) is 0 Å². The SMILES string of the molecule is CCOc1cccc(CC(C)N)c1O. The van der Waals surface area contributed by atoms with Gasteiger partial charge in [-0.3, -0.25) is 0 Å². The number of rotatable bonds is 4. The predicted molar refractivity (Wildman–Crippen MR) is 56.6 cm³/mol. The van der Waals surface area contributed by atoms with Crippen LogP contribution in [0.1, 0.15) is 19.4 Å². The molecule has 0 radical (unpaired) electrons. The number of nitrogens with two attached hydrogens (primary N) is 1. The monoisotopic (exact) mass is 195 g/mol. The number of phenolic OH excluding ortho intramolecular Hbond substituents is 1. The topological polar surface area (TPSA) is 55.5 Å². The van der Waals surface area contributed by atoms with E-state index < -0.39 is 0 Å². The summed E-state index contributed by atoms with van der Waals surface area (Å²) >= 11 is 0. The molecule has 1 atom stereocenters. The fraction of sp³-hybridized carbons (Fsp3) is 0.455. The van der Waals surface area contributed by atoms with Crippen molar-refractivity contribution >= 4 is 0 Å². The molecule has 0 saturated heterocycles. The Balaban J connectivity index is 2.89. The van der Waals surface area contributed by atoms with Crippen LogP contribution in [0.5, 0.6) is 11.5 Å². The highest BCUT2D eigenvalue weighted by molar-refractivity contribution is 5.45. The zero-order chi connectivity index (χ0) is 10.6. The van der Waals surface area contributed by atoms with E-state index >= 15 is 0 Å². The first-order chi connectivity index (χ1) is 6.65. The molecule has 3 heteroatoms. The van der Waals surface area contributed by atoms with Crippen molar-refractivity contribution < 1.29 is 9.84 Å². The molecule has 0 amide bonds. The summed E-state index contributed by atoms with van der Waals surface area (Å²) in [5.41, 5.74) is 6.50. The van der Waals surface area contributed by atoms with Crippen molar-refractivity contribution in [2.75, 3.05) is 6.61 Å². The first kappa shape index (κ1) is 10.9. The highest BCUT2D eigenvalue weighted by atomic mass is 16.5. The van der Waals surface area contributed by atoms with E-state index in [1.54, 1.807) is 6.07 Å². The van der Waals surface area contributed by atoms with Gasteiger partial charge in [0.2, 0.25) is 0 Å². The van der Waals surface area contributed by atoms with Crippen LogP contribution in [0, 0.1) is 0 Å².